The summed E-state index contributed by atoms with van der Waals surface area (Å²) in [5, 5.41) is 15.0. The number of nitrogen functional groups attached to an aromatic ring is 1. The average molecular weight is 552 g/mol. The van der Waals surface area contributed by atoms with Crippen molar-refractivity contribution in [1.29, 1.82) is 0 Å². The minimum atomic E-state index is -0.799. The van der Waals surface area contributed by atoms with Crippen LogP contribution in [0.3, 0.4) is 0 Å². The summed E-state index contributed by atoms with van der Waals surface area (Å²) in [5.41, 5.74) is 5.91. The molecule has 1 fully saturated rings. The van der Waals surface area contributed by atoms with Gasteiger partial charge in [0, 0.05) is 30.3 Å². The van der Waals surface area contributed by atoms with Gasteiger partial charge in [-0.1, -0.05) is 0 Å². The number of non-ortho nitro benzene ring substituents is 1. The molecule has 0 saturated carbocycles. The highest BCUT2D eigenvalue weighted by atomic mass is 19.1. The fraction of sp³-hybridized carbons (Fsp3) is 0.231. The van der Waals surface area contributed by atoms with Crippen LogP contribution in [-0.2, 0) is 9.47 Å². The summed E-state index contributed by atoms with van der Waals surface area (Å²) in [6.45, 7) is 1.78. The van der Waals surface area contributed by atoms with Crippen LogP contribution >= 0.6 is 0 Å². The Kier molecular flexibility index (Phi) is 6.98. The average Bonchev–Trinajstić information content (AvgIpc) is 3.49. The molecule has 2 aromatic heterocycles. The molecule has 0 amide bonds. The minimum absolute atomic E-state index is 0.0224. The Morgan fingerprint density at radius 2 is 1.90 bits per heavy atom. The monoisotopic (exact) mass is 552 g/mol. The third-order valence-corrected chi connectivity index (χ3v) is 6.44. The quantitative estimate of drug-likeness (QED) is 0.203. The van der Waals surface area contributed by atoms with Gasteiger partial charge in [0.05, 0.1) is 29.7 Å². The maximum Gasteiger partial charge on any atom is 0.345 e. The number of carbonyl (C=O) groups is 2. The van der Waals surface area contributed by atoms with Crippen molar-refractivity contribution in [2.75, 3.05) is 23.8 Å². The molecule has 12 nitrogen and oxygen atoms in total. The number of ether oxygens (including phenoxy) is 2. The molecule has 0 bridgehead atoms. The van der Waals surface area contributed by atoms with E-state index in [-0.39, 0.29) is 59.2 Å². The van der Waals surface area contributed by atoms with Crippen molar-refractivity contribution in [2.45, 2.75) is 25.5 Å². The number of nitro benzene ring substituents is 1. The number of anilines is 2. The van der Waals surface area contributed by atoms with E-state index in [0.29, 0.717) is 0 Å². The van der Waals surface area contributed by atoms with Crippen LogP contribution in [0.15, 0.2) is 54.7 Å². The maximum absolute atomic E-state index is 14.9. The smallest absolute Gasteiger partial charge is 0.345 e. The van der Waals surface area contributed by atoms with Gasteiger partial charge in [0.2, 0.25) is 0 Å². The number of benzene rings is 2. The van der Waals surface area contributed by atoms with Crippen molar-refractivity contribution < 1.29 is 32.8 Å². The second kappa shape index (κ2) is 10.6. The zero-order valence-corrected chi connectivity index (χ0v) is 21.0. The van der Waals surface area contributed by atoms with Crippen LogP contribution in [0.4, 0.5) is 26.1 Å². The van der Waals surface area contributed by atoms with E-state index < -0.39 is 40.6 Å². The van der Waals surface area contributed by atoms with E-state index in [1.54, 1.807) is 17.9 Å². The Morgan fingerprint density at radius 3 is 2.60 bits per heavy atom. The number of carbonyl (C=O) groups excluding carboxylic acids is 2. The van der Waals surface area contributed by atoms with Gasteiger partial charge in [-0.3, -0.25) is 10.1 Å². The largest absolute Gasteiger partial charge is 0.462 e. The summed E-state index contributed by atoms with van der Waals surface area (Å²) < 4.78 is 41.1. The molecule has 40 heavy (non-hydrogen) atoms. The number of hydrogen-bond acceptors (Lipinski definition) is 10. The molecule has 14 heteroatoms. The molecular weight excluding hydrogens is 530 g/mol. The van der Waals surface area contributed by atoms with Crippen LogP contribution < -0.4 is 10.6 Å². The van der Waals surface area contributed by atoms with E-state index in [2.05, 4.69) is 10.1 Å². The molecule has 1 aliphatic rings. The number of aromatic nitrogens is 3. The molecular formula is C26H22F2N6O6. The molecule has 2 N–H and O–H groups in total. The van der Waals surface area contributed by atoms with Crippen molar-refractivity contribution >= 4 is 34.9 Å². The van der Waals surface area contributed by atoms with Crippen LogP contribution in [0.25, 0.3) is 5.65 Å². The van der Waals surface area contributed by atoms with Gasteiger partial charge in [0.1, 0.15) is 29.1 Å². The topological polar surface area (TPSA) is 155 Å². The van der Waals surface area contributed by atoms with E-state index in [1.165, 1.54) is 35.0 Å². The van der Waals surface area contributed by atoms with E-state index in [9.17, 15) is 28.5 Å². The fourth-order valence-electron chi connectivity index (χ4n) is 4.64. The second-order valence-electron chi connectivity index (χ2n) is 8.94. The van der Waals surface area contributed by atoms with Crippen LogP contribution in [0.1, 0.15) is 45.7 Å². The molecule has 2 aromatic carbocycles. The first-order valence-electron chi connectivity index (χ1n) is 12.1. The Bertz CT molecular complexity index is 1630. The zero-order chi connectivity index (χ0) is 28.6. The molecule has 1 saturated heterocycles. The van der Waals surface area contributed by atoms with Crippen LogP contribution in [0, 0.1) is 21.7 Å². The zero-order valence-electron chi connectivity index (χ0n) is 21.0. The molecule has 1 aliphatic heterocycles. The Morgan fingerprint density at radius 1 is 1.15 bits per heavy atom. The van der Waals surface area contributed by atoms with Crippen LogP contribution in [-0.4, -0.2) is 50.7 Å². The van der Waals surface area contributed by atoms with Gasteiger partial charge in [0.25, 0.3) is 5.69 Å². The number of esters is 2. The fourth-order valence-corrected chi connectivity index (χ4v) is 4.64. The first kappa shape index (κ1) is 26.5. The summed E-state index contributed by atoms with van der Waals surface area (Å²) >= 11 is 0. The van der Waals surface area contributed by atoms with Gasteiger partial charge in [-0.05, 0) is 43.3 Å². The first-order chi connectivity index (χ1) is 19.2. The lowest BCUT2D eigenvalue weighted by molar-refractivity contribution is -0.384. The molecule has 206 valence electrons. The number of fused-ring (bicyclic) bond motifs is 1. The number of nitrogens with two attached hydrogens (primary N) is 1. The summed E-state index contributed by atoms with van der Waals surface area (Å²) in [5.74, 6) is -2.60. The standard InChI is InChI=1S/C26H22F2N6O6/c1-2-39-26(36)22-23(29)31-33-10-9-21(30-24(22)33)32-13-17(12-20(32)18-11-15(27)5-8-19(18)28)40-25(35)14-3-6-16(7-4-14)34(37)38/h3-11,17,20H,2,12-13H2,1H3,(H2,29,31). The Balaban J connectivity index is 1.49. The molecule has 0 spiro atoms. The van der Waals surface area contributed by atoms with Gasteiger partial charge in [-0.25, -0.2) is 27.9 Å². The SMILES string of the molecule is CCOC(=O)c1c(N)nn2ccc(N3CC(OC(=O)c4ccc([N+](=O)[O-])cc4)CC3c3cc(F)ccc3F)nc12. The summed E-state index contributed by atoms with van der Waals surface area (Å²) in [7, 11) is 0. The van der Waals surface area contributed by atoms with Gasteiger partial charge < -0.3 is 20.1 Å². The second-order valence-corrected chi connectivity index (χ2v) is 8.94. The molecule has 0 radical (unpaired) electrons. The molecule has 5 rings (SSSR count). The number of nitrogens with zero attached hydrogens (tertiary/aromatic N) is 5. The first-order valence-corrected chi connectivity index (χ1v) is 12.1. The highest BCUT2D eigenvalue weighted by Crippen LogP contribution is 2.38. The van der Waals surface area contributed by atoms with E-state index in [0.717, 1.165) is 18.2 Å². The summed E-state index contributed by atoms with van der Waals surface area (Å²) in [4.78, 5) is 41.8. The van der Waals surface area contributed by atoms with E-state index in [4.69, 9.17) is 15.2 Å². The van der Waals surface area contributed by atoms with E-state index >= 15 is 0 Å². The normalized spacial score (nSPS) is 16.7. The molecule has 4 aromatic rings. The maximum atomic E-state index is 14.9. The van der Waals surface area contributed by atoms with E-state index in [1.807, 2.05) is 0 Å². The lowest BCUT2D eigenvalue weighted by Crippen LogP contribution is -2.27. The van der Waals surface area contributed by atoms with Crippen molar-refractivity contribution in [3.8, 4) is 0 Å². The third kappa shape index (κ3) is 4.98. The summed E-state index contributed by atoms with van der Waals surface area (Å²) in [6.07, 6.45) is 0.803. The molecule has 0 aliphatic carbocycles. The molecule has 2 unspecified atom stereocenters. The number of halogens is 2. The number of rotatable bonds is 7. The lowest BCUT2D eigenvalue weighted by atomic mass is 10.0. The minimum Gasteiger partial charge on any atom is -0.462 e. The van der Waals surface area contributed by atoms with Crippen molar-refractivity contribution in [3.05, 3.63) is 93.2 Å². The van der Waals surface area contributed by atoms with Gasteiger partial charge in [0.15, 0.2) is 11.5 Å². The van der Waals surface area contributed by atoms with Crippen molar-refractivity contribution in [3.63, 3.8) is 0 Å². The Hall–Kier alpha value is -5.14. The van der Waals surface area contributed by atoms with Gasteiger partial charge in [-0.15, -0.1) is 5.10 Å². The highest BCUT2D eigenvalue weighted by Gasteiger charge is 2.38. The van der Waals surface area contributed by atoms with Gasteiger partial charge in [-0.2, -0.15) is 0 Å². The predicted octanol–water partition coefficient (Wildman–Crippen LogP) is 3.85. The summed E-state index contributed by atoms with van der Waals surface area (Å²) in [6, 6.07) is 8.72. The highest BCUT2D eigenvalue weighted by molar-refractivity contribution is 6.00. The van der Waals surface area contributed by atoms with Crippen molar-refractivity contribution in [2.24, 2.45) is 0 Å². The molecule has 3 heterocycles. The predicted molar refractivity (Wildman–Crippen MR) is 137 cm³/mol. The number of hydrogen-bond donors (Lipinski definition) is 1. The van der Waals surface area contributed by atoms with Crippen LogP contribution in [0.5, 0.6) is 0 Å². The molecule has 2 atom stereocenters. The van der Waals surface area contributed by atoms with Crippen LogP contribution in [0.2, 0.25) is 0 Å². The lowest BCUT2D eigenvalue weighted by Gasteiger charge is -2.26. The van der Waals surface area contributed by atoms with Crippen molar-refractivity contribution in [1.82, 2.24) is 14.6 Å². The third-order valence-electron chi connectivity index (χ3n) is 6.44. The van der Waals surface area contributed by atoms with Gasteiger partial charge >= 0.3 is 11.9 Å². The number of nitro groups is 1. The Labute approximate surface area is 225 Å².